The highest BCUT2D eigenvalue weighted by atomic mass is 16.5. The molecular formula is C14H15N3O2. The van der Waals surface area contributed by atoms with E-state index in [2.05, 4.69) is 15.6 Å². The van der Waals surface area contributed by atoms with Crippen molar-refractivity contribution < 1.29 is 9.53 Å². The molecule has 1 heterocycles. The summed E-state index contributed by atoms with van der Waals surface area (Å²) < 4.78 is 5.22. The first-order valence-corrected chi connectivity index (χ1v) is 5.83. The molecule has 98 valence electrons. The van der Waals surface area contributed by atoms with Gasteiger partial charge in [0.2, 0.25) is 0 Å². The van der Waals surface area contributed by atoms with Crippen molar-refractivity contribution in [2.75, 3.05) is 17.7 Å². The van der Waals surface area contributed by atoms with Crippen LogP contribution in [0.25, 0.3) is 0 Å². The molecule has 0 fully saturated rings. The minimum atomic E-state index is -0.360. The van der Waals surface area contributed by atoms with Crippen molar-refractivity contribution >= 4 is 17.5 Å². The molecule has 0 bridgehead atoms. The molecule has 2 amide bonds. The number of methoxy groups -OCH3 is 1. The van der Waals surface area contributed by atoms with Gasteiger partial charge in [-0.2, -0.15) is 0 Å². The average Bonchev–Trinajstić information content (AvgIpc) is 2.42. The van der Waals surface area contributed by atoms with Crippen LogP contribution in [0.4, 0.5) is 16.3 Å². The summed E-state index contributed by atoms with van der Waals surface area (Å²) in [5.74, 6) is 1.11. The van der Waals surface area contributed by atoms with Crippen LogP contribution in [0.1, 0.15) is 5.56 Å². The third kappa shape index (κ3) is 3.45. The smallest absolute Gasteiger partial charge is 0.324 e. The number of ether oxygens (including phenoxy) is 1. The van der Waals surface area contributed by atoms with E-state index in [1.165, 1.54) is 0 Å². The second kappa shape index (κ2) is 5.86. The molecule has 5 nitrogen and oxygen atoms in total. The molecular weight excluding hydrogens is 242 g/mol. The van der Waals surface area contributed by atoms with Crippen molar-refractivity contribution in [3.63, 3.8) is 0 Å². The van der Waals surface area contributed by atoms with Crippen LogP contribution in [0.3, 0.4) is 0 Å². The number of rotatable bonds is 3. The zero-order chi connectivity index (χ0) is 13.7. The van der Waals surface area contributed by atoms with E-state index in [-0.39, 0.29) is 6.03 Å². The van der Waals surface area contributed by atoms with E-state index in [4.69, 9.17) is 4.74 Å². The third-order valence-corrected chi connectivity index (χ3v) is 2.51. The minimum absolute atomic E-state index is 0.360. The average molecular weight is 257 g/mol. The van der Waals surface area contributed by atoms with Gasteiger partial charge in [0.1, 0.15) is 11.6 Å². The highest BCUT2D eigenvalue weighted by Gasteiger charge is 2.07. The number of pyridine rings is 1. The summed E-state index contributed by atoms with van der Waals surface area (Å²) in [7, 11) is 1.57. The minimum Gasteiger partial charge on any atom is -0.495 e. The summed E-state index contributed by atoms with van der Waals surface area (Å²) in [5, 5.41) is 5.36. The van der Waals surface area contributed by atoms with Crippen LogP contribution in [-0.2, 0) is 0 Å². The Morgan fingerprint density at radius 2 is 2.05 bits per heavy atom. The molecule has 1 aromatic carbocycles. The third-order valence-electron chi connectivity index (χ3n) is 2.51. The predicted molar refractivity (Wildman–Crippen MR) is 74.6 cm³/mol. The number of anilines is 2. The second-order valence-electron chi connectivity index (χ2n) is 4.00. The molecule has 2 N–H and O–H groups in total. The van der Waals surface area contributed by atoms with Gasteiger partial charge in [0.15, 0.2) is 0 Å². The van der Waals surface area contributed by atoms with Gasteiger partial charge in [-0.25, -0.2) is 9.78 Å². The number of amides is 2. The van der Waals surface area contributed by atoms with E-state index < -0.39 is 0 Å². The van der Waals surface area contributed by atoms with Gasteiger partial charge in [-0.05, 0) is 36.8 Å². The number of benzene rings is 1. The van der Waals surface area contributed by atoms with E-state index in [0.717, 1.165) is 5.56 Å². The quantitative estimate of drug-likeness (QED) is 0.888. The van der Waals surface area contributed by atoms with Crippen molar-refractivity contribution in [1.82, 2.24) is 4.98 Å². The first-order valence-electron chi connectivity index (χ1n) is 5.83. The van der Waals surface area contributed by atoms with Gasteiger partial charge in [0, 0.05) is 6.20 Å². The van der Waals surface area contributed by atoms with Crippen molar-refractivity contribution in [3.8, 4) is 5.75 Å². The Bertz CT molecular complexity index is 570. The highest BCUT2D eigenvalue weighted by molar-refractivity contribution is 6.00. The van der Waals surface area contributed by atoms with E-state index in [1.54, 1.807) is 37.6 Å². The summed E-state index contributed by atoms with van der Waals surface area (Å²) in [6.45, 7) is 1.96. The normalized spacial score (nSPS) is 9.79. The van der Waals surface area contributed by atoms with E-state index >= 15 is 0 Å². The maximum Gasteiger partial charge on any atom is 0.324 e. The fraction of sp³-hybridized carbons (Fsp3) is 0.143. The van der Waals surface area contributed by atoms with Crippen molar-refractivity contribution in [2.45, 2.75) is 6.92 Å². The lowest BCUT2D eigenvalue weighted by atomic mass is 10.2. The number of carbonyl (C=O) groups excluding carboxylic acids is 1. The lowest BCUT2D eigenvalue weighted by molar-refractivity contribution is 0.262. The summed E-state index contributed by atoms with van der Waals surface area (Å²) in [4.78, 5) is 15.8. The van der Waals surface area contributed by atoms with E-state index in [0.29, 0.717) is 17.3 Å². The van der Waals surface area contributed by atoms with Gasteiger partial charge < -0.3 is 10.1 Å². The Hall–Kier alpha value is -2.56. The predicted octanol–water partition coefficient (Wildman–Crippen LogP) is 3.04. The largest absolute Gasteiger partial charge is 0.495 e. The van der Waals surface area contributed by atoms with Gasteiger partial charge in [0.05, 0.1) is 12.8 Å². The number of nitrogens with one attached hydrogen (secondary N) is 2. The standard InChI is InChI=1S/C14H15N3O2/c1-10-6-7-11(12(9-10)19-2)16-14(18)17-13-5-3-4-8-15-13/h3-9H,1-2H3,(H2,15,16,17,18). The maximum atomic E-state index is 11.8. The van der Waals surface area contributed by atoms with Gasteiger partial charge in [-0.15, -0.1) is 0 Å². The molecule has 0 saturated carbocycles. The molecule has 2 aromatic rings. The second-order valence-corrected chi connectivity index (χ2v) is 4.00. The number of nitrogens with zero attached hydrogens (tertiary/aromatic N) is 1. The molecule has 0 atom stereocenters. The van der Waals surface area contributed by atoms with Crippen molar-refractivity contribution in [3.05, 3.63) is 48.2 Å². The summed E-state index contributed by atoms with van der Waals surface area (Å²) in [6, 6.07) is 10.5. The molecule has 0 aliphatic heterocycles. The lowest BCUT2D eigenvalue weighted by Crippen LogP contribution is -2.20. The van der Waals surface area contributed by atoms with E-state index in [1.807, 2.05) is 19.1 Å². The van der Waals surface area contributed by atoms with Crippen molar-refractivity contribution in [2.24, 2.45) is 0 Å². The summed E-state index contributed by atoms with van der Waals surface area (Å²) in [6.07, 6.45) is 1.61. The molecule has 1 aromatic heterocycles. The Balaban J connectivity index is 2.07. The number of urea groups is 1. The fourth-order valence-electron chi connectivity index (χ4n) is 1.61. The number of aryl methyl sites for hydroxylation is 1. The van der Waals surface area contributed by atoms with Gasteiger partial charge >= 0.3 is 6.03 Å². The Morgan fingerprint density at radius 3 is 2.74 bits per heavy atom. The van der Waals surface area contributed by atoms with Gasteiger partial charge in [-0.1, -0.05) is 12.1 Å². The van der Waals surface area contributed by atoms with Crippen LogP contribution in [0.5, 0.6) is 5.75 Å². The van der Waals surface area contributed by atoms with E-state index in [9.17, 15) is 4.79 Å². The Kier molecular flexibility index (Phi) is 3.97. The van der Waals surface area contributed by atoms with Crippen LogP contribution >= 0.6 is 0 Å². The number of hydrogen-bond acceptors (Lipinski definition) is 3. The maximum absolute atomic E-state index is 11.8. The molecule has 0 aliphatic rings. The summed E-state index contributed by atoms with van der Waals surface area (Å²) in [5.41, 5.74) is 1.68. The molecule has 19 heavy (non-hydrogen) atoms. The Morgan fingerprint density at radius 1 is 1.21 bits per heavy atom. The SMILES string of the molecule is COc1cc(C)ccc1NC(=O)Nc1ccccn1. The zero-order valence-corrected chi connectivity index (χ0v) is 10.8. The fourth-order valence-corrected chi connectivity index (χ4v) is 1.61. The first kappa shape index (κ1) is 12.9. The topological polar surface area (TPSA) is 63.2 Å². The van der Waals surface area contributed by atoms with Crippen LogP contribution < -0.4 is 15.4 Å². The number of aromatic nitrogens is 1. The molecule has 2 rings (SSSR count). The van der Waals surface area contributed by atoms with Crippen LogP contribution in [0, 0.1) is 6.92 Å². The monoisotopic (exact) mass is 257 g/mol. The molecule has 5 heteroatoms. The van der Waals surface area contributed by atoms with Crippen molar-refractivity contribution in [1.29, 1.82) is 0 Å². The molecule has 0 aliphatic carbocycles. The van der Waals surface area contributed by atoms with Crippen LogP contribution in [0.2, 0.25) is 0 Å². The van der Waals surface area contributed by atoms with Gasteiger partial charge in [-0.3, -0.25) is 5.32 Å². The molecule has 0 spiro atoms. The molecule has 0 saturated heterocycles. The molecule has 0 unspecified atom stereocenters. The zero-order valence-electron chi connectivity index (χ0n) is 10.8. The Labute approximate surface area is 111 Å². The van der Waals surface area contributed by atoms with Gasteiger partial charge in [0.25, 0.3) is 0 Å². The van der Waals surface area contributed by atoms with Crippen LogP contribution in [-0.4, -0.2) is 18.1 Å². The highest BCUT2D eigenvalue weighted by Crippen LogP contribution is 2.25. The van der Waals surface area contributed by atoms with Crippen LogP contribution in [0.15, 0.2) is 42.6 Å². The summed E-state index contributed by atoms with van der Waals surface area (Å²) >= 11 is 0. The number of hydrogen-bond donors (Lipinski definition) is 2. The first-order chi connectivity index (χ1) is 9.19. The lowest BCUT2D eigenvalue weighted by Gasteiger charge is -2.11. The number of carbonyl (C=O) groups is 1. The molecule has 0 radical (unpaired) electrons.